The highest BCUT2D eigenvalue weighted by atomic mass is 16.1. The van der Waals surface area contributed by atoms with Gasteiger partial charge in [0.15, 0.2) is 5.78 Å². The number of para-hydroxylation sites is 1. The molecular formula is C18H21NO. The second kappa shape index (κ2) is 5.35. The lowest BCUT2D eigenvalue weighted by molar-refractivity contribution is 0.0832. The predicted octanol–water partition coefficient (Wildman–Crippen LogP) is 4.49. The molecule has 3 unspecified atom stereocenters. The largest absolute Gasteiger partial charge is 0.292 e. The van der Waals surface area contributed by atoms with Gasteiger partial charge in [-0.2, -0.15) is 0 Å². The van der Waals surface area contributed by atoms with Crippen molar-refractivity contribution in [1.29, 1.82) is 0 Å². The van der Waals surface area contributed by atoms with E-state index in [-0.39, 0.29) is 11.7 Å². The molecule has 1 aromatic heterocycles. The van der Waals surface area contributed by atoms with Crippen LogP contribution in [0.2, 0.25) is 0 Å². The summed E-state index contributed by atoms with van der Waals surface area (Å²) in [4.78, 5) is 17.2. The number of ketones is 1. The summed E-state index contributed by atoms with van der Waals surface area (Å²) >= 11 is 0. The van der Waals surface area contributed by atoms with E-state index in [0.717, 1.165) is 36.1 Å². The highest BCUT2D eigenvalue weighted by Crippen LogP contribution is 2.34. The molecule has 0 bridgehead atoms. The van der Waals surface area contributed by atoms with Crippen LogP contribution in [-0.2, 0) is 0 Å². The third-order valence-corrected chi connectivity index (χ3v) is 4.82. The number of carbonyl (C=O) groups is 1. The fourth-order valence-corrected chi connectivity index (χ4v) is 3.20. The lowest BCUT2D eigenvalue weighted by atomic mass is 9.74. The van der Waals surface area contributed by atoms with Gasteiger partial charge in [-0.05, 0) is 43.2 Å². The Morgan fingerprint density at radius 1 is 1.05 bits per heavy atom. The standard InChI is InChI=1S/C18H21NO/c1-12-7-8-15(11-13(12)2)18(20)17-10-9-14-5-3-4-6-16(14)19-17/h3-6,9-10,12-13,15H,7-8,11H2,1-2H3. The van der Waals surface area contributed by atoms with Gasteiger partial charge in [-0.15, -0.1) is 0 Å². The van der Waals surface area contributed by atoms with Gasteiger partial charge in [0.25, 0.3) is 0 Å². The molecule has 0 spiro atoms. The molecule has 2 nitrogen and oxygen atoms in total. The number of Topliss-reactive ketones (excluding diaryl/α,β-unsaturated/α-hetero) is 1. The number of benzene rings is 1. The lowest BCUT2D eigenvalue weighted by Gasteiger charge is -2.31. The van der Waals surface area contributed by atoms with Crippen LogP contribution in [0.5, 0.6) is 0 Å². The molecule has 1 fully saturated rings. The summed E-state index contributed by atoms with van der Waals surface area (Å²) in [6.07, 6.45) is 3.18. The van der Waals surface area contributed by atoms with Gasteiger partial charge in [-0.25, -0.2) is 4.98 Å². The van der Waals surface area contributed by atoms with E-state index < -0.39 is 0 Å². The van der Waals surface area contributed by atoms with E-state index in [4.69, 9.17) is 0 Å². The van der Waals surface area contributed by atoms with E-state index in [0.29, 0.717) is 11.6 Å². The molecule has 0 N–H and O–H groups in total. The van der Waals surface area contributed by atoms with Gasteiger partial charge in [-0.1, -0.05) is 38.1 Å². The number of hydrogen-bond donors (Lipinski definition) is 0. The van der Waals surface area contributed by atoms with Crippen molar-refractivity contribution in [2.75, 3.05) is 0 Å². The van der Waals surface area contributed by atoms with Crippen LogP contribution < -0.4 is 0 Å². The number of aromatic nitrogens is 1. The van der Waals surface area contributed by atoms with E-state index >= 15 is 0 Å². The highest BCUT2D eigenvalue weighted by molar-refractivity contribution is 5.98. The fourth-order valence-electron chi connectivity index (χ4n) is 3.20. The molecule has 1 heterocycles. The van der Waals surface area contributed by atoms with Crippen molar-refractivity contribution in [2.24, 2.45) is 17.8 Å². The van der Waals surface area contributed by atoms with Crippen LogP contribution in [0.1, 0.15) is 43.6 Å². The second-order valence-corrected chi connectivity index (χ2v) is 6.22. The first-order valence-electron chi connectivity index (χ1n) is 7.55. The minimum Gasteiger partial charge on any atom is -0.292 e. The number of hydrogen-bond acceptors (Lipinski definition) is 2. The van der Waals surface area contributed by atoms with E-state index in [1.807, 2.05) is 36.4 Å². The molecule has 1 aliphatic carbocycles. The Kier molecular flexibility index (Phi) is 3.56. The summed E-state index contributed by atoms with van der Waals surface area (Å²) in [6, 6.07) is 11.8. The Morgan fingerprint density at radius 3 is 2.65 bits per heavy atom. The topological polar surface area (TPSA) is 30.0 Å². The van der Waals surface area contributed by atoms with Gasteiger partial charge in [0, 0.05) is 11.3 Å². The monoisotopic (exact) mass is 267 g/mol. The van der Waals surface area contributed by atoms with Gasteiger partial charge in [-0.3, -0.25) is 4.79 Å². The Balaban J connectivity index is 1.85. The summed E-state index contributed by atoms with van der Waals surface area (Å²) in [5.41, 5.74) is 1.55. The number of rotatable bonds is 2. The quantitative estimate of drug-likeness (QED) is 0.750. The summed E-state index contributed by atoms with van der Waals surface area (Å²) in [5, 5.41) is 1.09. The van der Waals surface area contributed by atoms with Crippen molar-refractivity contribution in [3.8, 4) is 0 Å². The number of fused-ring (bicyclic) bond motifs is 1. The Labute approximate surface area is 120 Å². The van der Waals surface area contributed by atoms with Crippen LogP contribution in [-0.4, -0.2) is 10.8 Å². The maximum absolute atomic E-state index is 12.6. The maximum Gasteiger partial charge on any atom is 0.184 e. The van der Waals surface area contributed by atoms with Crippen LogP contribution in [0.3, 0.4) is 0 Å². The van der Waals surface area contributed by atoms with Crippen molar-refractivity contribution >= 4 is 16.7 Å². The molecule has 1 aliphatic rings. The SMILES string of the molecule is CC1CCC(C(=O)c2ccc3ccccc3n2)CC1C. The number of nitrogens with zero attached hydrogens (tertiary/aromatic N) is 1. The number of carbonyl (C=O) groups excluding carboxylic acids is 1. The normalized spacial score (nSPS) is 26.6. The van der Waals surface area contributed by atoms with Crippen LogP contribution in [0.15, 0.2) is 36.4 Å². The molecule has 0 saturated heterocycles. The summed E-state index contributed by atoms with van der Waals surface area (Å²) < 4.78 is 0. The molecule has 2 aromatic rings. The molecule has 3 rings (SSSR count). The molecule has 1 aromatic carbocycles. The average Bonchev–Trinajstić information content (AvgIpc) is 2.49. The molecule has 2 heteroatoms. The van der Waals surface area contributed by atoms with Gasteiger partial charge in [0.2, 0.25) is 0 Å². The van der Waals surface area contributed by atoms with Crippen molar-refractivity contribution in [3.05, 3.63) is 42.1 Å². The molecule has 0 amide bonds. The Hall–Kier alpha value is -1.70. The first-order chi connectivity index (χ1) is 9.65. The summed E-state index contributed by atoms with van der Waals surface area (Å²) in [7, 11) is 0. The van der Waals surface area contributed by atoms with E-state index in [1.54, 1.807) is 0 Å². The third-order valence-electron chi connectivity index (χ3n) is 4.82. The molecule has 104 valence electrons. The minimum atomic E-state index is 0.162. The molecule has 3 atom stereocenters. The van der Waals surface area contributed by atoms with Crippen LogP contribution in [0, 0.1) is 17.8 Å². The maximum atomic E-state index is 12.6. The smallest absolute Gasteiger partial charge is 0.184 e. The average molecular weight is 267 g/mol. The summed E-state index contributed by atoms with van der Waals surface area (Å²) in [5.74, 6) is 1.77. The second-order valence-electron chi connectivity index (χ2n) is 6.22. The molecule has 20 heavy (non-hydrogen) atoms. The van der Waals surface area contributed by atoms with Crippen LogP contribution in [0.4, 0.5) is 0 Å². The van der Waals surface area contributed by atoms with E-state index in [9.17, 15) is 4.79 Å². The van der Waals surface area contributed by atoms with E-state index in [1.165, 1.54) is 0 Å². The Morgan fingerprint density at radius 2 is 1.85 bits per heavy atom. The van der Waals surface area contributed by atoms with Gasteiger partial charge < -0.3 is 0 Å². The summed E-state index contributed by atoms with van der Waals surface area (Å²) in [6.45, 7) is 4.55. The van der Waals surface area contributed by atoms with Crippen molar-refractivity contribution in [1.82, 2.24) is 4.98 Å². The third kappa shape index (κ3) is 2.47. The zero-order chi connectivity index (χ0) is 14.1. The molecule has 1 saturated carbocycles. The van der Waals surface area contributed by atoms with Crippen molar-refractivity contribution in [2.45, 2.75) is 33.1 Å². The van der Waals surface area contributed by atoms with Gasteiger partial charge in [0.1, 0.15) is 5.69 Å². The first-order valence-corrected chi connectivity index (χ1v) is 7.55. The lowest BCUT2D eigenvalue weighted by Crippen LogP contribution is -2.27. The molecular weight excluding hydrogens is 246 g/mol. The predicted molar refractivity (Wildman–Crippen MR) is 81.7 cm³/mol. The zero-order valence-electron chi connectivity index (χ0n) is 12.2. The fraction of sp³-hybridized carbons (Fsp3) is 0.444. The van der Waals surface area contributed by atoms with Gasteiger partial charge in [0.05, 0.1) is 5.52 Å². The highest BCUT2D eigenvalue weighted by Gasteiger charge is 2.30. The van der Waals surface area contributed by atoms with Crippen molar-refractivity contribution < 1.29 is 4.79 Å². The molecule has 0 radical (unpaired) electrons. The van der Waals surface area contributed by atoms with Crippen LogP contribution >= 0.6 is 0 Å². The van der Waals surface area contributed by atoms with Crippen LogP contribution in [0.25, 0.3) is 10.9 Å². The van der Waals surface area contributed by atoms with E-state index in [2.05, 4.69) is 18.8 Å². The zero-order valence-corrected chi connectivity index (χ0v) is 12.2. The minimum absolute atomic E-state index is 0.162. The first kappa shape index (κ1) is 13.3. The number of pyridine rings is 1. The van der Waals surface area contributed by atoms with Gasteiger partial charge >= 0.3 is 0 Å². The Bertz CT molecular complexity index is 634. The van der Waals surface area contributed by atoms with Crippen molar-refractivity contribution in [3.63, 3.8) is 0 Å². The molecule has 0 aliphatic heterocycles.